The molecule has 0 aromatic heterocycles. The molecule has 0 atom stereocenters. The average Bonchev–Trinajstić information content (AvgIpc) is 2.67. The molecule has 0 aliphatic heterocycles. The number of carbonyl (C=O) groups is 1. The van der Waals surface area contributed by atoms with Crippen LogP contribution in [0.5, 0.6) is 0 Å². The summed E-state index contributed by atoms with van der Waals surface area (Å²) >= 11 is 12.1. The maximum atomic E-state index is 12.6. The van der Waals surface area contributed by atoms with Gasteiger partial charge in [-0.1, -0.05) is 41.4 Å². The molecule has 0 heterocycles. The minimum Gasteiger partial charge on any atom is -0.322 e. The van der Waals surface area contributed by atoms with Crippen molar-refractivity contribution in [2.45, 2.75) is 20.4 Å². The minimum absolute atomic E-state index is 0.0779. The van der Waals surface area contributed by atoms with Crippen molar-refractivity contribution in [3.8, 4) is 0 Å². The fourth-order valence-corrected chi connectivity index (χ4v) is 4.42. The van der Waals surface area contributed by atoms with E-state index < -0.39 is 10.0 Å². The van der Waals surface area contributed by atoms with E-state index in [-0.39, 0.29) is 12.5 Å². The van der Waals surface area contributed by atoms with E-state index in [4.69, 9.17) is 23.2 Å². The van der Waals surface area contributed by atoms with Crippen LogP contribution in [-0.2, 0) is 16.6 Å². The third-order valence-corrected chi connectivity index (χ3v) is 6.42. The van der Waals surface area contributed by atoms with Gasteiger partial charge in [-0.15, -0.1) is 0 Å². The van der Waals surface area contributed by atoms with E-state index in [2.05, 4.69) is 5.32 Å². The van der Waals surface area contributed by atoms with Gasteiger partial charge in [0.2, 0.25) is 10.0 Å². The largest absolute Gasteiger partial charge is 0.322 e. The number of rotatable bonds is 6. The van der Waals surface area contributed by atoms with Crippen LogP contribution >= 0.6 is 23.2 Å². The normalized spacial score (nSPS) is 11.3. The predicted octanol–water partition coefficient (Wildman–Crippen LogP) is 5.83. The number of hydrogen-bond acceptors (Lipinski definition) is 3. The Morgan fingerprint density at radius 3 is 2.06 bits per heavy atom. The molecule has 0 radical (unpaired) electrons. The summed E-state index contributed by atoms with van der Waals surface area (Å²) in [6.45, 7) is 4.08. The number of aryl methyl sites for hydroxylation is 2. The molecule has 3 aromatic carbocycles. The monoisotopic (exact) mass is 476 g/mol. The quantitative estimate of drug-likeness (QED) is 0.486. The van der Waals surface area contributed by atoms with Gasteiger partial charge in [-0.3, -0.25) is 9.10 Å². The minimum atomic E-state index is -3.59. The van der Waals surface area contributed by atoms with E-state index in [0.29, 0.717) is 26.9 Å². The maximum Gasteiger partial charge on any atom is 0.255 e. The van der Waals surface area contributed by atoms with Crippen molar-refractivity contribution in [3.05, 3.63) is 93.0 Å². The average molecular weight is 477 g/mol. The second kappa shape index (κ2) is 9.30. The molecule has 0 saturated heterocycles. The summed E-state index contributed by atoms with van der Waals surface area (Å²) < 4.78 is 25.9. The summed E-state index contributed by atoms with van der Waals surface area (Å²) in [4.78, 5) is 12.6. The molecular formula is C23H22Cl2N2O3S. The van der Waals surface area contributed by atoms with Crippen LogP contribution in [0.2, 0.25) is 10.0 Å². The number of hydrogen-bond donors (Lipinski definition) is 1. The fraction of sp³-hybridized carbons (Fsp3) is 0.174. The number of nitrogens with one attached hydrogen (secondary N) is 1. The Kier molecular flexibility index (Phi) is 6.94. The summed E-state index contributed by atoms with van der Waals surface area (Å²) in [5, 5.41) is 3.56. The molecule has 31 heavy (non-hydrogen) atoms. The first kappa shape index (κ1) is 23.1. The van der Waals surface area contributed by atoms with Crippen LogP contribution in [0.25, 0.3) is 0 Å². The first-order chi connectivity index (χ1) is 14.5. The Bertz CT molecular complexity index is 1210. The zero-order valence-corrected chi connectivity index (χ0v) is 19.6. The van der Waals surface area contributed by atoms with Crippen molar-refractivity contribution in [1.29, 1.82) is 0 Å². The lowest BCUT2D eigenvalue weighted by Crippen LogP contribution is -2.29. The third-order valence-electron chi connectivity index (χ3n) is 4.84. The van der Waals surface area contributed by atoms with Gasteiger partial charge in [0.25, 0.3) is 5.91 Å². The second-order valence-electron chi connectivity index (χ2n) is 7.35. The summed E-state index contributed by atoms with van der Waals surface area (Å²) in [6.07, 6.45) is 1.12. The highest BCUT2D eigenvalue weighted by Crippen LogP contribution is 2.28. The van der Waals surface area contributed by atoms with Crippen LogP contribution in [-0.4, -0.2) is 20.6 Å². The van der Waals surface area contributed by atoms with Gasteiger partial charge in [0.15, 0.2) is 0 Å². The van der Waals surface area contributed by atoms with Gasteiger partial charge < -0.3 is 5.32 Å². The lowest BCUT2D eigenvalue weighted by Gasteiger charge is -2.23. The first-order valence-electron chi connectivity index (χ1n) is 9.44. The van der Waals surface area contributed by atoms with E-state index in [1.54, 1.807) is 36.4 Å². The van der Waals surface area contributed by atoms with Gasteiger partial charge in [0, 0.05) is 21.3 Å². The van der Waals surface area contributed by atoms with Crippen LogP contribution in [0.4, 0.5) is 11.4 Å². The van der Waals surface area contributed by atoms with Gasteiger partial charge in [-0.2, -0.15) is 0 Å². The molecule has 0 unspecified atom stereocenters. The Hall–Kier alpha value is -2.54. The molecular weight excluding hydrogens is 455 g/mol. The topological polar surface area (TPSA) is 66.5 Å². The van der Waals surface area contributed by atoms with Crippen molar-refractivity contribution in [3.63, 3.8) is 0 Å². The van der Waals surface area contributed by atoms with Crippen molar-refractivity contribution in [2.75, 3.05) is 15.9 Å². The lowest BCUT2D eigenvalue weighted by atomic mass is 10.1. The zero-order chi connectivity index (χ0) is 22.8. The number of benzene rings is 3. The Morgan fingerprint density at radius 2 is 1.52 bits per heavy atom. The summed E-state index contributed by atoms with van der Waals surface area (Å²) in [6, 6.07) is 17.1. The number of anilines is 2. The van der Waals surface area contributed by atoms with E-state index in [1.165, 1.54) is 10.4 Å². The van der Waals surface area contributed by atoms with Gasteiger partial charge in [0.1, 0.15) is 0 Å². The number of halogens is 2. The van der Waals surface area contributed by atoms with Gasteiger partial charge >= 0.3 is 0 Å². The van der Waals surface area contributed by atoms with Crippen LogP contribution < -0.4 is 9.62 Å². The van der Waals surface area contributed by atoms with E-state index in [0.717, 1.165) is 23.1 Å². The highest BCUT2D eigenvalue weighted by molar-refractivity contribution is 7.92. The van der Waals surface area contributed by atoms with Crippen LogP contribution in [0, 0.1) is 13.8 Å². The molecule has 8 heteroatoms. The fourth-order valence-electron chi connectivity index (χ4n) is 3.03. The van der Waals surface area contributed by atoms with Crippen LogP contribution in [0.3, 0.4) is 0 Å². The number of sulfonamides is 1. The molecule has 0 bridgehead atoms. The number of nitrogens with zero attached hydrogens (tertiary/aromatic N) is 1. The summed E-state index contributed by atoms with van der Waals surface area (Å²) in [5.74, 6) is -0.239. The molecule has 0 fully saturated rings. The Balaban J connectivity index is 1.79. The molecule has 1 amide bonds. The van der Waals surface area contributed by atoms with Crippen LogP contribution in [0.1, 0.15) is 27.0 Å². The number of carbonyl (C=O) groups excluding carboxylic acids is 1. The van der Waals surface area contributed by atoms with Crippen molar-refractivity contribution >= 4 is 50.5 Å². The molecule has 162 valence electrons. The Labute approximate surface area is 192 Å². The highest BCUT2D eigenvalue weighted by Gasteiger charge is 2.19. The van der Waals surface area contributed by atoms with Gasteiger partial charge in [-0.05, 0) is 73.0 Å². The SMILES string of the molecule is Cc1ccc(NC(=O)c2ccc(CN(c3cc(Cl)cc(Cl)c3)S(C)(=O)=O)cc2)cc1C. The van der Waals surface area contributed by atoms with E-state index >= 15 is 0 Å². The molecule has 0 saturated carbocycles. The molecule has 0 spiro atoms. The third kappa shape index (κ3) is 6.00. The van der Waals surface area contributed by atoms with Crippen LogP contribution in [0.15, 0.2) is 60.7 Å². The van der Waals surface area contributed by atoms with E-state index in [1.807, 2.05) is 32.0 Å². The smallest absolute Gasteiger partial charge is 0.255 e. The summed E-state index contributed by atoms with van der Waals surface area (Å²) in [7, 11) is -3.59. The molecule has 0 aliphatic carbocycles. The van der Waals surface area contributed by atoms with Gasteiger partial charge in [0.05, 0.1) is 18.5 Å². The predicted molar refractivity (Wildman–Crippen MR) is 128 cm³/mol. The van der Waals surface area contributed by atoms with Crippen molar-refractivity contribution in [2.24, 2.45) is 0 Å². The molecule has 5 nitrogen and oxygen atoms in total. The maximum absolute atomic E-state index is 12.6. The second-order valence-corrected chi connectivity index (χ2v) is 10.1. The standard InChI is InChI=1S/C23H22Cl2N2O3S/c1-15-4-9-21(10-16(15)2)26-23(28)18-7-5-17(6-8-18)14-27(31(3,29)30)22-12-19(24)11-20(25)13-22/h4-13H,14H2,1-3H3,(H,26,28). The lowest BCUT2D eigenvalue weighted by molar-refractivity contribution is 0.102. The van der Waals surface area contributed by atoms with Crippen molar-refractivity contribution < 1.29 is 13.2 Å². The molecule has 1 N–H and O–H groups in total. The number of amides is 1. The Morgan fingerprint density at radius 1 is 0.903 bits per heavy atom. The molecule has 3 rings (SSSR count). The highest BCUT2D eigenvalue weighted by atomic mass is 35.5. The molecule has 3 aromatic rings. The van der Waals surface area contributed by atoms with Gasteiger partial charge in [-0.25, -0.2) is 8.42 Å². The van der Waals surface area contributed by atoms with Crippen molar-refractivity contribution in [1.82, 2.24) is 0 Å². The molecule has 0 aliphatic rings. The zero-order valence-electron chi connectivity index (χ0n) is 17.3. The van der Waals surface area contributed by atoms with E-state index in [9.17, 15) is 13.2 Å². The first-order valence-corrected chi connectivity index (χ1v) is 12.0. The summed E-state index contributed by atoms with van der Waals surface area (Å²) in [5.41, 5.74) is 4.52.